The second-order valence-electron chi connectivity index (χ2n) is 7.02. The normalized spacial score (nSPS) is 19.3. The standard InChI is InChI=1S/C19H25N3O2/c1-14-17(13-21-6-2-3-7-21)19(23)16-12-15(4-5-18(16)20-14)22-8-10-24-11-9-22/h4-5,12H,2-3,6-11,13H2,1H3,(H,20,23)/p+1. The van der Waals surface area contributed by atoms with Crippen LogP contribution in [0.5, 0.6) is 0 Å². The number of aryl methyl sites for hydroxylation is 1. The Morgan fingerprint density at radius 1 is 1.21 bits per heavy atom. The number of rotatable bonds is 3. The largest absolute Gasteiger partial charge is 0.378 e. The molecule has 4 rings (SSSR count). The van der Waals surface area contributed by atoms with Gasteiger partial charge in [-0.3, -0.25) is 4.79 Å². The quantitative estimate of drug-likeness (QED) is 0.878. The molecule has 0 radical (unpaired) electrons. The summed E-state index contributed by atoms with van der Waals surface area (Å²) in [5.41, 5.74) is 4.25. The Hall–Kier alpha value is -1.85. The van der Waals surface area contributed by atoms with E-state index in [-0.39, 0.29) is 5.43 Å². The van der Waals surface area contributed by atoms with E-state index >= 15 is 0 Å². The number of H-pyrrole nitrogens is 1. The number of hydrogen-bond acceptors (Lipinski definition) is 3. The van der Waals surface area contributed by atoms with E-state index < -0.39 is 0 Å². The topological polar surface area (TPSA) is 49.8 Å². The van der Waals surface area contributed by atoms with Crippen LogP contribution in [-0.4, -0.2) is 44.4 Å². The number of nitrogens with zero attached hydrogens (tertiary/aromatic N) is 1. The van der Waals surface area contributed by atoms with Gasteiger partial charge in [0.25, 0.3) is 0 Å². The minimum absolute atomic E-state index is 0.204. The van der Waals surface area contributed by atoms with E-state index in [1.165, 1.54) is 30.8 Å². The summed E-state index contributed by atoms with van der Waals surface area (Å²) in [6.45, 7) is 8.54. The first-order chi connectivity index (χ1) is 11.7. The van der Waals surface area contributed by atoms with E-state index in [4.69, 9.17) is 4.74 Å². The van der Waals surface area contributed by atoms with Crippen molar-refractivity contribution in [3.8, 4) is 0 Å². The fraction of sp³-hybridized carbons (Fsp3) is 0.526. The van der Waals surface area contributed by atoms with Gasteiger partial charge in [-0.05, 0) is 25.1 Å². The van der Waals surface area contributed by atoms with Gasteiger partial charge < -0.3 is 19.5 Å². The molecule has 1 aromatic heterocycles. The van der Waals surface area contributed by atoms with Gasteiger partial charge in [0, 0.05) is 48.2 Å². The molecule has 2 saturated heterocycles. The number of ether oxygens (including phenoxy) is 1. The number of likely N-dealkylation sites (tertiary alicyclic amines) is 1. The third kappa shape index (κ3) is 2.94. The molecule has 1 aromatic carbocycles. The fourth-order valence-corrected chi connectivity index (χ4v) is 3.97. The van der Waals surface area contributed by atoms with E-state index in [0.29, 0.717) is 0 Å². The average Bonchev–Trinajstić information content (AvgIpc) is 3.12. The van der Waals surface area contributed by atoms with Gasteiger partial charge in [0.2, 0.25) is 0 Å². The maximum atomic E-state index is 13.1. The number of pyridine rings is 1. The number of morpholine rings is 1. The van der Waals surface area contributed by atoms with Crippen molar-refractivity contribution in [3.05, 3.63) is 39.7 Å². The summed E-state index contributed by atoms with van der Waals surface area (Å²) in [5.74, 6) is 0. The monoisotopic (exact) mass is 328 g/mol. The minimum Gasteiger partial charge on any atom is -0.378 e. The maximum absolute atomic E-state index is 13.1. The Labute approximate surface area is 142 Å². The zero-order chi connectivity index (χ0) is 16.5. The molecular formula is C19H26N3O2+. The predicted molar refractivity (Wildman–Crippen MR) is 96.0 cm³/mol. The van der Waals surface area contributed by atoms with E-state index in [9.17, 15) is 4.79 Å². The molecule has 5 heteroatoms. The number of anilines is 1. The number of quaternary nitrogens is 1. The zero-order valence-corrected chi connectivity index (χ0v) is 14.4. The van der Waals surface area contributed by atoms with Crippen LogP contribution in [0.1, 0.15) is 24.1 Å². The molecule has 2 N–H and O–H groups in total. The van der Waals surface area contributed by atoms with Gasteiger partial charge in [-0.1, -0.05) is 0 Å². The second kappa shape index (κ2) is 6.57. The molecule has 24 heavy (non-hydrogen) atoms. The van der Waals surface area contributed by atoms with Gasteiger partial charge >= 0.3 is 0 Å². The summed E-state index contributed by atoms with van der Waals surface area (Å²) in [5, 5.41) is 0.818. The number of aromatic nitrogens is 1. The molecule has 3 heterocycles. The summed E-state index contributed by atoms with van der Waals surface area (Å²) in [6, 6.07) is 6.21. The Bertz CT molecular complexity index is 787. The van der Waals surface area contributed by atoms with Crippen molar-refractivity contribution in [1.82, 2.24) is 4.98 Å². The Kier molecular flexibility index (Phi) is 4.29. The highest BCUT2D eigenvalue weighted by Crippen LogP contribution is 2.21. The lowest BCUT2D eigenvalue weighted by Gasteiger charge is -2.29. The Balaban J connectivity index is 1.72. The van der Waals surface area contributed by atoms with Crippen molar-refractivity contribution in [3.63, 3.8) is 0 Å². The average molecular weight is 328 g/mol. The smallest absolute Gasteiger partial charge is 0.198 e. The molecule has 2 aromatic rings. The second-order valence-corrected chi connectivity index (χ2v) is 7.02. The molecule has 0 unspecified atom stereocenters. The molecule has 0 saturated carbocycles. The van der Waals surface area contributed by atoms with Crippen molar-refractivity contribution < 1.29 is 9.64 Å². The Morgan fingerprint density at radius 3 is 2.71 bits per heavy atom. The van der Waals surface area contributed by atoms with E-state index in [2.05, 4.69) is 22.0 Å². The predicted octanol–water partition coefficient (Wildman–Crippen LogP) is 0.852. The third-order valence-corrected chi connectivity index (χ3v) is 5.41. The van der Waals surface area contributed by atoms with Crippen LogP contribution in [0.15, 0.2) is 23.0 Å². The van der Waals surface area contributed by atoms with Crippen LogP contribution in [0.4, 0.5) is 5.69 Å². The number of hydrogen-bond donors (Lipinski definition) is 2. The van der Waals surface area contributed by atoms with Crippen LogP contribution < -0.4 is 15.2 Å². The van der Waals surface area contributed by atoms with E-state index in [0.717, 1.165) is 60.7 Å². The van der Waals surface area contributed by atoms with Crippen molar-refractivity contribution in [2.75, 3.05) is 44.3 Å². The number of nitrogens with one attached hydrogen (secondary N) is 2. The van der Waals surface area contributed by atoms with E-state index in [1.807, 2.05) is 13.0 Å². The van der Waals surface area contributed by atoms with Crippen molar-refractivity contribution in [2.45, 2.75) is 26.3 Å². The van der Waals surface area contributed by atoms with E-state index in [1.54, 1.807) is 0 Å². The van der Waals surface area contributed by atoms with Crippen molar-refractivity contribution in [1.29, 1.82) is 0 Å². The number of benzene rings is 1. The summed E-state index contributed by atoms with van der Waals surface area (Å²) in [4.78, 5) is 20.4. The summed E-state index contributed by atoms with van der Waals surface area (Å²) >= 11 is 0. The van der Waals surface area contributed by atoms with Gasteiger partial charge in [-0.15, -0.1) is 0 Å². The van der Waals surface area contributed by atoms with Gasteiger partial charge in [-0.2, -0.15) is 0 Å². The molecule has 128 valence electrons. The zero-order valence-electron chi connectivity index (χ0n) is 14.4. The van der Waals surface area contributed by atoms with Crippen LogP contribution in [0.25, 0.3) is 10.9 Å². The van der Waals surface area contributed by atoms with Gasteiger partial charge in [0.05, 0.1) is 31.9 Å². The molecule has 0 aliphatic carbocycles. The molecule has 2 aliphatic heterocycles. The lowest BCUT2D eigenvalue weighted by molar-refractivity contribution is -0.901. The van der Waals surface area contributed by atoms with Gasteiger partial charge in [0.15, 0.2) is 5.43 Å². The van der Waals surface area contributed by atoms with Crippen molar-refractivity contribution in [2.24, 2.45) is 0 Å². The van der Waals surface area contributed by atoms with Crippen LogP contribution in [0.3, 0.4) is 0 Å². The first kappa shape index (κ1) is 15.7. The number of fused-ring (bicyclic) bond motifs is 1. The molecule has 0 spiro atoms. The third-order valence-electron chi connectivity index (χ3n) is 5.41. The fourth-order valence-electron chi connectivity index (χ4n) is 3.97. The molecule has 0 atom stereocenters. The Morgan fingerprint density at radius 2 is 1.96 bits per heavy atom. The lowest BCUT2D eigenvalue weighted by atomic mass is 10.1. The molecule has 0 amide bonds. The highest BCUT2D eigenvalue weighted by molar-refractivity contribution is 5.83. The first-order valence-corrected chi connectivity index (χ1v) is 9.04. The summed E-state index contributed by atoms with van der Waals surface area (Å²) < 4.78 is 5.43. The number of aromatic amines is 1. The van der Waals surface area contributed by atoms with Crippen LogP contribution in [0, 0.1) is 6.92 Å². The maximum Gasteiger partial charge on any atom is 0.198 e. The van der Waals surface area contributed by atoms with Crippen LogP contribution >= 0.6 is 0 Å². The van der Waals surface area contributed by atoms with Crippen LogP contribution in [-0.2, 0) is 11.3 Å². The summed E-state index contributed by atoms with van der Waals surface area (Å²) in [7, 11) is 0. The highest BCUT2D eigenvalue weighted by atomic mass is 16.5. The first-order valence-electron chi connectivity index (χ1n) is 9.04. The van der Waals surface area contributed by atoms with Gasteiger partial charge in [0.1, 0.15) is 6.54 Å². The highest BCUT2D eigenvalue weighted by Gasteiger charge is 2.20. The lowest BCUT2D eigenvalue weighted by Crippen LogP contribution is -3.08. The van der Waals surface area contributed by atoms with Crippen LogP contribution in [0.2, 0.25) is 0 Å². The van der Waals surface area contributed by atoms with Crippen molar-refractivity contribution >= 4 is 16.6 Å². The summed E-state index contributed by atoms with van der Waals surface area (Å²) in [6.07, 6.45) is 2.56. The molecule has 2 fully saturated rings. The van der Waals surface area contributed by atoms with Gasteiger partial charge in [-0.25, -0.2) is 0 Å². The minimum atomic E-state index is 0.204. The SMILES string of the molecule is Cc1[nH]c2ccc(N3CCOCC3)cc2c(=O)c1C[NH+]1CCCC1. The molecule has 2 aliphatic rings. The molecular weight excluding hydrogens is 302 g/mol. The molecule has 0 bridgehead atoms. The molecule has 5 nitrogen and oxygen atoms in total.